The van der Waals surface area contributed by atoms with E-state index < -0.39 is 0 Å². The molecule has 2 aromatic carbocycles. The first-order valence-corrected chi connectivity index (χ1v) is 9.23. The van der Waals surface area contributed by atoms with Crippen molar-refractivity contribution in [3.05, 3.63) is 54.1 Å². The largest absolute Gasteiger partial charge is 0.466 e. The number of rotatable bonds is 5. The summed E-state index contributed by atoms with van der Waals surface area (Å²) in [5, 5.41) is 7.37. The summed E-state index contributed by atoms with van der Waals surface area (Å²) in [6.45, 7) is 8.17. The number of hydrogen-bond acceptors (Lipinski definition) is 4. The van der Waals surface area contributed by atoms with E-state index in [1.165, 1.54) is 5.56 Å². The Morgan fingerprint density at radius 3 is 2.29 bits per heavy atom. The number of nitrogens with one attached hydrogen (secondary N) is 1. The Hall–Kier alpha value is -3.15. The first-order chi connectivity index (χ1) is 13.2. The third-order valence-corrected chi connectivity index (χ3v) is 4.17. The lowest BCUT2D eigenvalue weighted by Gasteiger charge is -2.17. The number of amides is 1. The van der Waals surface area contributed by atoms with Crippen LogP contribution in [0.15, 0.2) is 48.5 Å². The van der Waals surface area contributed by atoms with Crippen LogP contribution in [-0.4, -0.2) is 27.8 Å². The van der Waals surface area contributed by atoms with E-state index in [2.05, 4.69) is 15.4 Å². The van der Waals surface area contributed by atoms with Crippen LogP contribution in [0.4, 0.5) is 5.69 Å². The Balaban J connectivity index is 1.86. The molecule has 3 rings (SSSR count). The van der Waals surface area contributed by atoms with Gasteiger partial charge in [0, 0.05) is 17.7 Å². The zero-order valence-electron chi connectivity index (χ0n) is 17.0. The molecular weight excluding hydrogens is 352 g/mol. The van der Waals surface area contributed by atoms with Crippen LogP contribution in [0, 0.1) is 12.3 Å². The van der Waals surface area contributed by atoms with Crippen LogP contribution in [0.5, 0.6) is 6.01 Å². The van der Waals surface area contributed by atoms with Crippen molar-refractivity contribution in [3.63, 3.8) is 0 Å². The van der Waals surface area contributed by atoms with Crippen molar-refractivity contribution >= 4 is 11.6 Å². The third-order valence-electron chi connectivity index (χ3n) is 4.17. The lowest BCUT2D eigenvalue weighted by molar-refractivity contribution is -0.117. The molecule has 1 aromatic heterocycles. The molecule has 1 amide bonds. The molecule has 0 atom stereocenters. The monoisotopic (exact) mass is 378 g/mol. The summed E-state index contributed by atoms with van der Waals surface area (Å²) in [7, 11) is 1.55. The van der Waals surface area contributed by atoms with Gasteiger partial charge in [0.2, 0.25) is 5.91 Å². The number of methoxy groups -OCH3 is 1. The molecule has 0 aliphatic heterocycles. The van der Waals surface area contributed by atoms with E-state index in [0.29, 0.717) is 18.3 Å². The van der Waals surface area contributed by atoms with Crippen LogP contribution in [0.2, 0.25) is 0 Å². The summed E-state index contributed by atoms with van der Waals surface area (Å²) in [6, 6.07) is 15.9. The van der Waals surface area contributed by atoms with Gasteiger partial charge in [0.1, 0.15) is 0 Å². The maximum atomic E-state index is 12.1. The number of aromatic nitrogens is 3. The molecule has 1 heterocycles. The van der Waals surface area contributed by atoms with E-state index in [1.807, 2.05) is 76.2 Å². The van der Waals surface area contributed by atoms with E-state index >= 15 is 0 Å². The van der Waals surface area contributed by atoms with Gasteiger partial charge in [-0.1, -0.05) is 50.6 Å². The molecule has 0 unspecified atom stereocenters. The molecule has 0 saturated heterocycles. The van der Waals surface area contributed by atoms with Gasteiger partial charge in [-0.25, -0.2) is 4.68 Å². The van der Waals surface area contributed by atoms with Crippen LogP contribution >= 0.6 is 0 Å². The maximum Gasteiger partial charge on any atom is 0.336 e. The Kier molecular flexibility index (Phi) is 5.49. The lowest BCUT2D eigenvalue weighted by Crippen LogP contribution is -2.19. The molecule has 0 aliphatic carbocycles. The van der Waals surface area contributed by atoms with E-state index in [4.69, 9.17) is 4.74 Å². The van der Waals surface area contributed by atoms with Crippen molar-refractivity contribution in [1.29, 1.82) is 0 Å². The second kappa shape index (κ2) is 7.84. The second-order valence-electron chi connectivity index (χ2n) is 8.03. The van der Waals surface area contributed by atoms with Gasteiger partial charge in [0.05, 0.1) is 12.8 Å². The van der Waals surface area contributed by atoms with Gasteiger partial charge >= 0.3 is 6.01 Å². The van der Waals surface area contributed by atoms with Gasteiger partial charge in [-0.2, -0.15) is 4.98 Å². The molecule has 28 heavy (non-hydrogen) atoms. The summed E-state index contributed by atoms with van der Waals surface area (Å²) in [6.07, 6.45) is 0.465. The van der Waals surface area contributed by atoms with Gasteiger partial charge in [0.25, 0.3) is 0 Å². The standard InChI is InChI=1S/C22H26N4O2/c1-15-6-8-16(9-7-15)20-24-21(28-5)25-26(20)18-12-10-17(11-13-18)23-19(27)14-22(2,3)4/h6-13H,14H2,1-5H3,(H,23,27). The van der Waals surface area contributed by atoms with Crippen molar-refractivity contribution in [2.45, 2.75) is 34.1 Å². The highest BCUT2D eigenvalue weighted by Crippen LogP contribution is 2.25. The molecule has 0 saturated carbocycles. The Morgan fingerprint density at radius 1 is 1.07 bits per heavy atom. The number of anilines is 1. The van der Waals surface area contributed by atoms with Crippen LogP contribution in [0.1, 0.15) is 32.8 Å². The van der Waals surface area contributed by atoms with Gasteiger partial charge in [-0.3, -0.25) is 4.79 Å². The van der Waals surface area contributed by atoms with Gasteiger partial charge in [0.15, 0.2) is 5.82 Å². The van der Waals surface area contributed by atoms with Crippen LogP contribution < -0.4 is 10.1 Å². The highest BCUT2D eigenvalue weighted by molar-refractivity contribution is 5.91. The highest BCUT2D eigenvalue weighted by Gasteiger charge is 2.17. The van der Waals surface area contributed by atoms with Crippen molar-refractivity contribution in [2.75, 3.05) is 12.4 Å². The number of carbonyl (C=O) groups is 1. The number of aryl methyl sites for hydroxylation is 1. The zero-order chi connectivity index (χ0) is 20.3. The Morgan fingerprint density at radius 2 is 1.71 bits per heavy atom. The fourth-order valence-corrected chi connectivity index (χ4v) is 2.82. The second-order valence-corrected chi connectivity index (χ2v) is 8.03. The summed E-state index contributed by atoms with van der Waals surface area (Å²) in [4.78, 5) is 16.6. The minimum Gasteiger partial charge on any atom is -0.466 e. The SMILES string of the molecule is COc1nc(-c2ccc(C)cc2)n(-c2ccc(NC(=O)CC(C)(C)C)cc2)n1. The Labute approximate surface area is 165 Å². The predicted octanol–water partition coefficient (Wildman–Crippen LogP) is 4.63. The molecule has 6 heteroatoms. The average Bonchev–Trinajstić information content (AvgIpc) is 3.06. The molecule has 1 N–H and O–H groups in total. The maximum absolute atomic E-state index is 12.1. The summed E-state index contributed by atoms with van der Waals surface area (Å²) < 4.78 is 6.97. The van der Waals surface area contributed by atoms with E-state index in [1.54, 1.807) is 11.8 Å². The van der Waals surface area contributed by atoms with Gasteiger partial charge in [-0.15, -0.1) is 5.10 Å². The number of nitrogens with zero attached hydrogens (tertiary/aromatic N) is 3. The first kappa shape index (κ1) is 19.6. The molecule has 0 radical (unpaired) electrons. The molecule has 146 valence electrons. The van der Waals surface area contributed by atoms with Gasteiger partial charge < -0.3 is 10.1 Å². The third kappa shape index (κ3) is 4.76. The molecular formula is C22H26N4O2. The fraction of sp³-hybridized carbons (Fsp3) is 0.318. The van der Waals surface area contributed by atoms with Crippen LogP contribution in [0.25, 0.3) is 17.1 Å². The summed E-state index contributed by atoms with van der Waals surface area (Å²) in [5.41, 5.74) is 3.66. The first-order valence-electron chi connectivity index (χ1n) is 9.23. The topological polar surface area (TPSA) is 69.0 Å². The van der Waals surface area contributed by atoms with Crippen molar-refractivity contribution in [2.24, 2.45) is 5.41 Å². The number of benzene rings is 2. The minimum atomic E-state index is -0.0513. The summed E-state index contributed by atoms with van der Waals surface area (Å²) in [5.74, 6) is 0.699. The molecule has 0 aliphatic rings. The highest BCUT2D eigenvalue weighted by atomic mass is 16.5. The Bertz CT molecular complexity index is 952. The lowest BCUT2D eigenvalue weighted by atomic mass is 9.92. The van der Waals surface area contributed by atoms with E-state index in [0.717, 1.165) is 16.9 Å². The minimum absolute atomic E-state index is 0.00280. The summed E-state index contributed by atoms with van der Waals surface area (Å²) >= 11 is 0. The molecule has 0 spiro atoms. The predicted molar refractivity (Wildman–Crippen MR) is 111 cm³/mol. The fourth-order valence-electron chi connectivity index (χ4n) is 2.82. The van der Waals surface area contributed by atoms with Crippen LogP contribution in [-0.2, 0) is 4.79 Å². The number of hydrogen-bond donors (Lipinski definition) is 1. The molecule has 6 nitrogen and oxygen atoms in total. The number of carbonyl (C=O) groups excluding carboxylic acids is 1. The van der Waals surface area contributed by atoms with Crippen molar-refractivity contribution in [3.8, 4) is 23.1 Å². The molecule has 3 aromatic rings. The average molecular weight is 378 g/mol. The zero-order valence-corrected chi connectivity index (χ0v) is 17.0. The number of ether oxygens (including phenoxy) is 1. The van der Waals surface area contributed by atoms with Crippen molar-refractivity contribution < 1.29 is 9.53 Å². The molecule has 0 fully saturated rings. The van der Waals surface area contributed by atoms with Crippen LogP contribution in [0.3, 0.4) is 0 Å². The quantitative estimate of drug-likeness (QED) is 0.703. The van der Waals surface area contributed by atoms with Gasteiger partial charge in [-0.05, 0) is 36.6 Å². The van der Waals surface area contributed by atoms with E-state index in [9.17, 15) is 4.79 Å². The smallest absolute Gasteiger partial charge is 0.336 e. The molecule has 0 bridgehead atoms. The van der Waals surface area contributed by atoms with E-state index in [-0.39, 0.29) is 11.3 Å². The normalized spacial score (nSPS) is 11.3. The van der Waals surface area contributed by atoms with Crippen molar-refractivity contribution in [1.82, 2.24) is 14.8 Å².